The Hall–Kier alpha value is -3.65. The van der Waals surface area contributed by atoms with Crippen molar-refractivity contribution >= 4 is 28.7 Å². The van der Waals surface area contributed by atoms with Gasteiger partial charge >= 0.3 is 5.97 Å². The molecule has 0 fully saturated rings. The minimum absolute atomic E-state index is 0.000519. The van der Waals surface area contributed by atoms with Gasteiger partial charge in [-0.25, -0.2) is 4.79 Å². The van der Waals surface area contributed by atoms with Gasteiger partial charge in [-0.1, -0.05) is 72.0 Å². The Morgan fingerprint density at radius 3 is 2.63 bits per heavy atom. The van der Waals surface area contributed by atoms with Gasteiger partial charge in [0.2, 0.25) is 16.9 Å². The molecule has 0 saturated heterocycles. The van der Waals surface area contributed by atoms with E-state index in [2.05, 4.69) is 15.5 Å². The molecule has 0 bridgehead atoms. The average molecular weight is 420 g/mol. The molecule has 7 nitrogen and oxygen atoms in total. The number of carbonyl (C=O) groups is 1. The Morgan fingerprint density at radius 2 is 1.93 bits per heavy atom. The molecule has 0 spiro atoms. The minimum atomic E-state index is -0.500. The Morgan fingerprint density at radius 1 is 1.23 bits per heavy atom. The lowest BCUT2D eigenvalue weighted by Gasteiger charge is -2.24. The first-order valence-electron chi connectivity index (χ1n) is 9.41. The summed E-state index contributed by atoms with van der Waals surface area (Å²) in [5, 5.41) is 4.77. The van der Waals surface area contributed by atoms with Crippen LogP contribution in [-0.4, -0.2) is 23.8 Å². The highest BCUT2D eigenvalue weighted by Crippen LogP contribution is 2.46. The second-order valence-electron chi connectivity index (χ2n) is 6.41. The van der Waals surface area contributed by atoms with Crippen LogP contribution < -0.4 is 15.9 Å². The number of nitrogens with one attached hydrogen (secondary N) is 1. The lowest BCUT2D eigenvalue weighted by atomic mass is 9.88. The monoisotopic (exact) mass is 420 g/mol. The summed E-state index contributed by atoms with van der Waals surface area (Å²) in [5.74, 6) is -0.573. The summed E-state index contributed by atoms with van der Waals surface area (Å²) in [5.41, 5.74) is 11.2. The van der Waals surface area contributed by atoms with E-state index in [0.717, 1.165) is 16.0 Å². The lowest BCUT2D eigenvalue weighted by molar-refractivity contribution is -0.139. The Labute approximate surface area is 177 Å². The fourth-order valence-electron chi connectivity index (χ4n) is 3.15. The summed E-state index contributed by atoms with van der Waals surface area (Å²) < 4.78 is 10.9. The van der Waals surface area contributed by atoms with Crippen LogP contribution in [0.5, 0.6) is 5.88 Å². The van der Waals surface area contributed by atoms with Crippen molar-refractivity contribution in [3.63, 3.8) is 0 Å². The summed E-state index contributed by atoms with van der Waals surface area (Å²) in [6.07, 6.45) is 1.70. The van der Waals surface area contributed by atoms with Crippen molar-refractivity contribution < 1.29 is 14.3 Å². The number of hydrogen-bond acceptors (Lipinski definition) is 8. The highest BCUT2D eigenvalue weighted by molar-refractivity contribution is 7.16. The van der Waals surface area contributed by atoms with Crippen LogP contribution in [0.4, 0.5) is 5.13 Å². The number of carbonyl (C=O) groups excluding carboxylic acids is 1. The van der Waals surface area contributed by atoms with Crippen LogP contribution in [0.3, 0.4) is 0 Å². The molecule has 0 saturated carbocycles. The van der Waals surface area contributed by atoms with Crippen molar-refractivity contribution in [3.8, 4) is 5.88 Å². The third-order valence-electron chi connectivity index (χ3n) is 4.45. The number of fused-ring (bicyclic) bond motifs is 1. The maximum absolute atomic E-state index is 12.6. The number of hydrazone groups is 1. The molecule has 2 heterocycles. The molecule has 30 heavy (non-hydrogen) atoms. The van der Waals surface area contributed by atoms with Gasteiger partial charge in [0.1, 0.15) is 5.57 Å². The highest BCUT2D eigenvalue weighted by Gasteiger charge is 2.38. The van der Waals surface area contributed by atoms with Crippen LogP contribution in [0.2, 0.25) is 0 Å². The molecule has 1 unspecified atom stereocenters. The van der Waals surface area contributed by atoms with Gasteiger partial charge in [0.15, 0.2) is 0 Å². The largest absolute Gasteiger partial charge is 0.462 e. The first-order chi connectivity index (χ1) is 14.7. The van der Waals surface area contributed by atoms with Gasteiger partial charge in [-0.3, -0.25) is 5.43 Å². The molecule has 3 aromatic rings. The zero-order chi connectivity index (χ0) is 20.9. The maximum atomic E-state index is 12.6. The lowest BCUT2D eigenvalue weighted by Crippen LogP contribution is -2.26. The number of hydrogen-bond donors (Lipinski definition) is 2. The number of anilines is 1. The van der Waals surface area contributed by atoms with Crippen molar-refractivity contribution in [3.05, 3.63) is 88.1 Å². The summed E-state index contributed by atoms with van der Waals surface area (Å²) in [6.45, 7) is 1.99. The SMILES string of the molecule is CCOC(=O)C1=C(N)Oc2nc(N/N=C/c3ccccc3)sc2C1c1ccccc1. The number of esters is 1. The van der Waals surface area contributed by atoms with Crippen LogP contribution in [0, 0.1) is 0 Å². The number of rotatable bonds is 6. The standard InChI is InChI=1S/C22H20N4O3S/c1-2-28-21(27)17-16(15-11-7-4-8-12-15)18-20(29-19(17)23)25-22(30-18)26-24-13-14-9-5-3-6-10-14/h3-13,16H,2,23H2,1H3,(H,25,26)/b24-13+. The first kappa shape index (κ1) is 19.7. The minimum Gasteiger partial charge on any atom is -0.462 e. The molecule has 1 atom stereocenters. The van der Waals surface area contributed by atoms with Gasteiger partial charge in [0, 0.05) is 0 Å². The fraction of sp³-hybridized carbons (Fsp3) is 0.136. The molecule has 8 heteroatoms. The van der Waals surface area contributed by atoms with Crippen LogP contribution in [0.25, 0.3) is 0 Å². The van der Waals surface area contributed by atoms with Gasteiger partial charge in [0.25, 0.3) is 0 Å². The van der Waals surface area contributed by atoms with Gasteiger partial charge in [0.05, 0.1) is 23.6 Å². The third kappa shape index (κ3) is 4.04. The molecule has 3 N–H and O–H groups in total. The van der Waals surface area contributed by atoms with E-state index in [-0.39, 0.29) is 18.1 Å². The molecule has 152 valence electrons. The van der Waals surface area contributed by atoms with Crippen LogP contribution in [-0.2, 0) is 9.53 Å². The van der Waals surface area contributed by atoms with Crippen LogP contribution >= 0.6 is 11.3 Å². The summed E-state index contributed by atoms with van der Waals surface area (Å²) in [6, 6.07) is 19.3. The molecule has 1 aromatic heterocycles. The topological polar surface area (TPSA) is 98.8 Å². The third-order valence-corrected chi connectivity index (χ3v) is 5.45. The number of thiazole rings is 1. The predicted molar refractivity (Wildman–Crippen MR) is 117 cm³/mol. The maximum Gasteiger partial charge on any atom is 0.340 e. The molecule has 0 aliphatic carbocycles. The number of aromatic nitrogens is 1. The van der Waals surface area contributed by atoms with Crippen LogP contribution in [0.15, 0.2) is 77.2 Å². The van der Waals surface area contributed by atoms with E-state index in [1.165, 1.54) is 11.3 Å². The van der Waals surface area contributed by atoms with E-state index < -0.39 is 11.9 Å². The molecular formula is C22H20N4O3S. The molecule has 1 aliphatic heterocycles. The van der Waals surface area contributed by atoms with Crippen molar-refractivity contribution in [1.82, 2.24) is 4.98 Å². The zero-order valence-corrected chi connectivity index (χ0v) is 17.1. The molecule has 0 amide bonds. The second kappa shape index (κ2) is 8.79. The zero-order valence-electron chi connectivity index (χ0n) is 16.2. The first-order valence-corrected chi connectivity index (χ1v) is 10.2. The molecule has 2 aromatic carbocycles. The Balaban J connectivity index is 1.67. The molecular weight excluding hydrogens is 400 g/mol. The van der Waals surface area contributed by atoms with E-state index in [1.807, 2.05) is 60.7 Å². The van der Waals surface area contributed by atoms with Crippen molar-refractivity contribution in [2.24, 2.45) is 10.8 Å². The number of nitrogens with two attached hydrogens (primary N) is 1. The highest BCUT2D eigenvalue weighted by atomic mass is 32.1. The van der Waals surface area contributed by atoms with Gasteiger partial charge in [-0.2, -0.15) is 10.1 Å². The molecule has 4 rings (SSSR count). The number of benzene rings is 2. The van der Waals surface area contributed by atoms with E-state index in [4.69, 9.17) is 15.2 Å². The average Bonchev–Trinajstić information content (AvgIpc) is 3.16. The van der Waals surface area contributed by atoms with Crippen molar-refractivity contribution in [1.29, 1.82) is 0 Å². The Kier molecular flexibility index (Phi) is 5.76. The number of nitrogens with zero attached hydrogens (tertiary/aromatic N) is 2. The summed E-state index contributed by atoms with van der Waals surface area (Å²) in [7, 11) is 0. The van der Waals surface area contributed by atoms with E-state index >= 15 is 0 Å². The van der Waals surface area contributed by atoms with Crippen LogP contribution in [0.1, 0.15) is 28.8 Å². The summed E-state index contributed by atoms with van der Waals surface area (Å²) >= 11 is 1.36. The van der Waals surface area contributed by atoms with E-state index in [0.29, 0.717) is 11.0 Å². The summed E-state index contributed by atoms with van der Waals surface area (Å²) in [4.78, 5) is 17.9. The van der Waals surface area contributed by atoms with Gasteiger partial charge in [-0.05, 0) is 18.1 Å². The molecule has 0 radical (unpaired) electrons. The second-order valence-corrected chi connectivity index (χ2v) is 7.44. The van der Waals surface area contributed by atoms with Crippen molar-refractivity contribution in [2.75, 3.05) is 12.0 Å². The normalized spacial score (nSPS) is 15.6. The van der Waals surface area contributed by atoms with Crippen molar-refractivity contribution in [2.45, 2.75) is 12.8 Å². The Bertz CT molecular complexity index is 1090. The van der Waals surface area contributed by atoms with E-state index in [9.17, 15) is 4.79 Å². The quantitative estimate of drug-likeness (QED) is 0.357. The fourth-order valence-corrected chi connectivity index (χ4v) is 4.13. The van der Waals surface area contributed by atoms with Gasteiger partial charge in [-0.15, -0.1) is 0 Å². The van der Waals surface area contributed by atoms with Gasteiger partial charge < -0.3 is 15.2 Å². The smallest absolute Gasteiger partial charge is 0.340 e. The number of ether oxygens (including phenoxy) is 2. The predicted octanol–water partition coefficient (Wildman–Crippen LogP) is 3.85. The van der Waals surface area contributed by atoms with E-state index in [1.54, 1.807) is 13.1 Å². The molecule has 1 aliphatic rings.